The van der Waals surface area contributed by atoms with E-state index in [9.17, 15) is 5.11 Å². The van der Waals surface area contributed by atoms with Gasteiger partial charge in [-0.1, -0.05) is 27.7 Å². The topological polar surface area (TPSA) is 20.2 Å². The highest BCUT2D eigenvalue weighted by atomic mass is 31.0. The van der Waals surface area contributed by atoms with Crippen LogP contribution in [-0.4, -0.2) is 10.7 Å². The van der Waals surface area contributed by atoms with Gasteiger partial charge in [0.2, 0.25) is 0 Å². The molecule has 0 aliphatic carbocycles. The third-order valence-electron chi connectivity index (χ3n) is 2.34. The summed E-state index contributed by atoms with van der Waals surface area (Å²) in [4.78, 5) is 0. The molecule has 0 fully saturated rings. The highest BCUT2D eigenvalue weighted by molar-refractivity contribution is 6.92. The first-order chi connectivity index (χ1) is 3.89. The van der Waals surface area contributed by atoms with Crippen LogP contribution in [0.5, 0.6) is 0 Å². The fraction of sp³-hybridized carbons (Fsp3) is 1.00. The van der Waals surface area contributed by atoms with Gasteiger partial charge in [-0.2, -0.15) is 9.90 Å². The highest BCUT2D eigenvalue weighted by Crippen LogP contribution is 2.24. The fourth-order valence-electron chi connectivity index (χ4n) is 0.667. The Hall–Kier alpha value is 0.390. The van der Waals surface area contributed by atoms with Crippen LogP contribution in [0.3, 0.4) is 0 Å². The largest absolute Gasteiger partial charge is 0.390 e. The van der Waals surface area contributed by atoms with Crippen molar-refractivity contribution in [3.8, 4) is 0 Å². The van der Waals surface area contributed by atoms with Gasteiger partial charge in [0.25, 0.3) is 0 Å². The summed E-state index contributed by atoms with van der Waals surface area (Å²) in [5.41, 5.74) is -0.500. The van der Waals surface area contributed by atoms with Crippen molar-refractivity contribution >= 4 is 9.90 Å². The zero-order chi connectivity index (χ0) is 7.65. The zero-order valence-corrected chi connectivity index (χ0v) is 9.22. The van der Waals surface area contributed by atoms with Gasteiger partial charge >= 0.3 is 0 Å². The molecule has 2 heteroatoms. The average Bonchev–Trinajstić information content (AvgIpc) is 1.65. The van der Waals surface area contributed by atoms with Gasteiger partial charge < -0.3 is 5.11 Å². The Morgan fingerprint density at radius 3 is 1.20 bits per heavy atom. The van der Waals surface area contributed by atoms with Crippen LogP contribution in [0.25, 0.3) is 0 Å². The molecular weight excluding hydrogens is 143 g/mol. The van der Waals surface area contributed by atoms with E-state index in [-0.39, 0.29) is 9.90 Å². The van der Waals surface area contributed by atoms with Gasteiger partial charge in [-0.05, 0) is 18.8 Å². The van der Waals surface area contributed by atoms with Crippen LogP contribution in [0.1, 0.15) is 34.6 Å². The lowest BCUT2D eigenvalue weighted by Gasteiger charge is -2.31. The van der Waals surface area contributed by atoms with Crippen LogP contribution in [0, 0.1) is 11.8 Å². The van der Waals surface area contributed by atoms with Crippen LogP contribution < -0.4 is 0 Å². The predicted octanol–water partition coefficient (Wildman–Crippen LogP) is 2.11. The summed E-state index contributed by atoms with van der Waals surface area (Å²) in [5.74, 6) is 0.690. The van der Waals surface area contributed by atoms with Gasteiger partial charge in [-0.25, -0.2) is 0 Å². The Labute approximate surface area is 67.8 Å². The first-order valence-electron chi connectivity index (χ1n) is 3.61. The predicted molar refractivity (Wildman–Crippen MR) is 51.4 cm³/mol. The molecule has 10 heavy (non-hydrogen) atoms. The molecule has 0 aromatic rings. The summed E-state index contributed by atoms with van der Waals surface area (Å²) < 4.78 is 0. The summed E-state index contributed by atoms with van der Waals surface area (Å²) in [5, 5.41) is 9.67. The maximum atomic E-state index is 9.67. The van der Waals surface area contributed by atoms with Gasteiger partial charge in [0, 0.05) is 0 Å². The molecule has 0 aromatic carbocycles. The van der Waals surface area contributed by atoms with Crippen molar-refractivity contribution in [1.29, 1.82) is 0 Å². The molecule has 0 amide bonds. The van der Waals surface area contributed by atoms with E-state index in [1.165, 1.54) is 0 Å². The SMILES string of the molecule is CC(C)C(C)(O)C(C)C.P. The number of rotatable bonds is 2. The third kappa shape index (κ3) is 2.98. The molecule has 0 radical (unpaired) electrons. The second-order valence-electron chi connectivity index (χ2n) is 3.54. The van der Waals surface area contributed by atoms with Crippen LogP contribution in [0.2, 0.25) is 0 Å². The smallest absolute Gasteiger partial charge is 0.0665 e. The second-order valence-corrected chi connectivity index (χ2v) is 3.54. The molecule has 0 saturated heterocycles. The molecule has 64 valence electrons. The number of hydrogen-bond donors (Lipinski definition) is 1. The molecule has 0 aliphatic heterocycles. The molecule has 0 spiro atoms. The Bertz CT molecular complexity index is 77.3. The molecule has 1 nitrogen and oxygen atoms in total. The van der Waals surface area contributed by atoms with Crippen LogP contribution in [0.15, 0.2) is 0 Å². The Morgan fingerprint density at radius 1 is 1.00 bits per heavy atom. The summed E-state index contributed by atoms with van der Waals surface area (Å²) >= 11 is 0. The first-order valence-corrected chi connectivity index (χ1v) is 3.61. The minimum atomic E-state index is -0.500. The van der Waals surface area contributed by atoms with Gasteiger partial charge in [0.1, 0.15) is 0 Å². The average molecular weight is 164 g/mol. The van der Waals surface area contributed by atoms with E-state index in [0.29, 0.717) is 11.8 Å². The minimum absolute atomic E-state index is 0. The second kappa shape index (κ2) is 4.31. The summed E-state index contributed by atoms with van der Waals surface area (Å²) in [7, 11) is 0. The zero-order valence-electron chi connectivity index (χ0n) is 7.81. The lowest BCUT2D eigenvalue weighted by molar-refractivity contribution is -0.0289. The van der Waals surface area contributed by atoms with Crippen LogP contribution in [-0.2, 0) is 0 Å². The quantitative estimate of drug-likeness (QED) is 0.620. The molecule has 0 bridgehead atoms. The minimum Gasteiger partial charge on any atom is -0.390 e. The molecule has 0 heterocycles. The number of aliphatic hydroxyl groups is 1. The Kier molecular flexibility index (Phi) is 5.60. The van der Waals surface area contributed by atoms with Crippen molar-refractivity contribution in [2.45, 2.75) is 40.2 Å². The Balaban J connectivity index is 0. The maximum Gasteiger partial charge on any atom is 0.0665 e. The van der Waals surface area contributed by atoms with Crippen molar-refractivity contribution in [3.05, 3.63) is 0 Å². The monoisotopic (exact) mass is 164 g/mol. The van der Waals surface area contributed by atoms with E-state index >= 15 is 0 Å². The van der Waals surface area contributed by atoms with Crippen molar-refractivity contribution in [1.82, 2.24) is 0 Å². The fourth-order valence-corrected chi connectivity index (χ4v) is 0.667. The van der Waals surface area contributed by atoms with Crippen LogP contribution >= 0.6 is 9.90 Å². The molecule has 0 aromatic heterocycles. The van der Waals surface area contributed by atoms with Gasteiger partial charge in [0.15, 0.2) is 0 Å². The van der Waals surface area contributed by atoms with E-state index in [1.807, 2.05) is 34.6 Å². The molecule has 0 aliphatic rings. The normalized spacial score (nSPS) is 12.0. The molecule has 1 atom stereocenters. The third-order valence-corrected chi connectivity index (χ3v) is 2.34. The molecule has 1 N–H and O–H groups in total. The molecular formula is C8H21OP. The lowest BCUT2D eigenvalue weighted by Crippen LogP contribution is -2.36. The van der Waals surface area contributed by atoms with Crippen molar-refractivity contribution < 1.29 is 5.11 Å². The molecule has 1 unspecified atom stereocenters. The first kappa shape index (κ1) is 13.0. The Morgan fingerprint density at radius 2 is 1.20 bits per heavy atom. The summed E-state index contributed by atoms with van der Waals surface area (Å²) in [6.07, 6.45) is 0. The van der Waals surface area contributed by atoms with Crippen molar-refractivity contribution in [2.24, 2.45) is 11.8 Å². The standard InChI is InChI=1S/C8H18O.H3P/c1-6(2)8(5,9)7(3)4;/h6-7,9H,1-5H3;1H3. The van der Waals surface area contributed by atoms with E-state index in [0.717, 1.165) is 0 Å². The highest BCUT2D eigenvalue weighted by Gasteiger charge is 2.28. The van der Waals surface area contributed by atoms with E-state index in [1.54, 1.807) is 0 Å². The van der Waals surface area contributed by atoms with Gasteiger partial charge in [0.05, 0.1) is 5.60 Å². The lowest BCUT2D eigenvalue weighted by atomic mass is 9.82. The van der Waals surface area contributed by atoms with E-state index in [4.69, 9.17) is 0 Å². The maximum absolute atomic E-state index is 9.67. The van der Waals surface area contributed by atoms with Gasteiger partial charge in [-0.15, -0.1) is 0 Å². The summed E-state index contributed by atoms with van der Waals surface area (Å²) in [6.45, 7) is 10.1. The van der Waals surface area contributed by atoms with Crippen molar-refractivity contribution in [2.75, 3.05) is 0 Å². The molecule has 0 rings (SSSR count). The van der Waals surface area contributed by atoms with Crippen molar-refractivity contribution in [3.63, 3.8) is 0 Å². The van der Waals surface area contributed by atoms with E-state index < -0.39 is 5.60 Å². The van der Waals surface area contributed by atoms with Gasteiger partial charge in [-0.3, -0.25) is 0 Å². The summed E-state index contributed by atoms with van der Waals surface area (Å²) in [6, 6.07) is 0. The van der Waals surface area contributed by atoms with Crippen LogP contribution in [0.4, 0.5) is 0 Å². The number of hydrogen-bond acceptors (Lipinski definition) is 1. The van der Waals surface area contributed by atoms with E-state index in [2.05, 4.69) is 0 Å². The molecule has 0 saturated carbocycles.